The lowest BCUT2D eigenvalue weighted by Crippen LogP contribution is -2.31. The second-order valence-corrected chi connectivity index (χ2v) is 17.1. The fourth-order valence-electron chi connectivity index (χ4n) is 5.02. The highest BCUT2D eigenvalue weighted by molar-refractivity contribution is 4.62. The molecule has 0 aliphatic carbocycles. The molecule has 15 nitrogen and oxygen atoms in total. The summed E-state index contributed by atoms with van der Waals surface area (Å²) in [4.78, 5) is 0. The summed E-state index contributed by atoms with van der Waals surface area (Å²) in [7, 11) is 0. The first-order valence-electron chi connectivity index (χ1n) is 23.2. The largest absolute Gasteiger partial charge is 0.391 e. The molecule has 15 heteroatoms. The van der Waals surface area contributed by atoms with Crippen LogP contribution in [0.15, 0.2) is 0 Å². The van der Waals surface area contributed by atoms with Crippen LogP contribution in [-0.4, -0.2) is 190 Å². The summed E-state index contributed by atoms with van der Waals surface area (Å²) in [5.74, 6) is 0. The first kappa shape index (κ1) is 60.4. The van der Waals surface area contributed by atoms with Gasteiger partial charge in [0, 0.05) is 6.61 Å². The average Bonchev–Trinajstić information content (AvgIpc) is 3.23. The van der Waals surface area contributed by atoms with Crippen LogP contribution >= 0.6 is 0 Å². The lowest BCUT2D eigenvalue weighted by atomic mass is 10.3. The minimum Gasteiger partial charge on any atom is -0.391 e. The van der Waals surface area contributed by atoms with Gasteiger partial charge in [0.25, 0.3) is 0 Å². The van der Waals surface area contributed by atoms with Crippen LogP contribution in [0.1, 0.15) is 117 Å². The molecule has 0 aromatic carbocycles. The minimum absolute atomic E-state index is 0.0287. The summed E-state index contributed by atoms with van der Waals surface area (Å²) in [6.07, 6.45) is 0.767. The molecular formula is C46H94O15. The van der Waals surface area contributed by atoms with E-state index in [-0.39, 0.29) is 79.4 Å². The van der Waals surface area contributed by atoms with Crippen LogP contribution in [0.25, 0.3) is 0 Å². The Kier molecular flexibility index (Phi) is 38.3. The molecule has 0 saturated carbocycles. The van der Waals surface area contributed by atoms with Crippen LogP contribution in [0, 0.1) is 0 Å². The number of aliphatic hydroxyl groups is 1. The number of hydrogen-bond donors (Lipinski definition) is 1. The molecule has 0 aromatic heterocycles. The molecule has 0 radical (unpaired) electrons. The first-order valence-corrected chi connectivity index (χ1v) is 23.2. The van der Waals surface area contributed by atoms with Crippen molar-refractivity contribution >= 4 is 0 Å². The predicted molar refractivity (Wildman–Crippen MR) is 238 cm³/mol. The van der Waals surface area contributed by atoms with Crippen molar-refractivity contribution in [1.29, 1.82) is 0 Å². The maximum absolute atomic E-state index is 9.33. The van der Waals surface area contributed by atoms with E-state index in [0.29, 0.717) is 92.5 Å². The van der Waals surface area contributed by atoms with Gasteiger partial charge >= 0.3 is 0 Å². The lowest BCUT2D eigenvalue weighted by Gasteiger charge is -2.23. The molecule has 0 aliphatic rings. The molecule has 0 aromatic rings. The van der Waals surface area contributed by atoms with Gasteiger partial charge in [0.1, 0.15) is 0 Å². The Morgan fingerprint density at radius 2 is 0.426 bits per heavy atom. The number of hydrogen-bond acceptors (Lipinski definition) is 15. The molecule has 0 saturated heterocycles. The molecule has 0 fully saturated rings. The van der Waals surface area contributed by atoms with E-state index in [0.717, 1.165) is 19.4 Å². The quantitative estimate of drug-likeness (QED) is 0.0668. The Morgan fingerprint density at radius 3 is 0.590 bits per heavy atom. The summed E-state index contributed by atoms with van der Waals surface area (Å²) in [6.45, 7) is 36.8. The standard InChI is InChI=1S/C46H94O15/c1-16-17-18-48-20-34(3)50-22-36(5)52-24-38(7)54-26-40(9)56-28-42(11)58-30-44(13)60-32-46(15)61-31-45(14)59-29-43(12)57-27-41(10)55-25-39(8)53-23-37(6)51-21-35(4)49-19-33(2)47/h33-47H,16-32H2,1-15H3. The number of ether oxygens (including phenoxy) is 14. The molecule has 0 amide bonds. The average molecular weight is 887 g/mol. The SMILES string of the molecule is CCCCOCC(C)OCC(C)OCC(C)OCC(C)OCC(C)OCC(C)OCC(C)OCC(C)OCC(C)OCC(C)OCC(C)OCC(C)OCC(C)OCC(C)O. The van der Waals surface area contributed by atoms with Crippen LogP contribution in [0.2, 0.25) is 0 Å². The van der Waals surface area contributed by atoms with Crippen molar-refractivity contribution in [3.63, 3.8) is 0 Å². The van der Waals surface area contributed by atoms with Crippen molar-refractivity contribution < 1.29 is 71.4 Å². The van der Waals surface area contributed by atoms with Crippen molar-refractivity contribution in [2.75, 3.05) is 99.1 Å². The van der Waals surface area contributed by atoms with Crippen LogP contribution in [0.4, 0.5) is 0 Å². The zero-order valence-electron chi connectivity index (χ0n) is 41.3. The maximum Gasteiger partial charge on any atom is 0.0781 e. The predicted octanol–water partition coefficient (Wildman–Crippen LogP) is 6.45. The topological polar surface area (TPSA) is 149 Å². The van der Waals surface area contributed by atoms with Gasteiger partial charge in [0.15, 0.2) is 0 Å². The Morgan fingerprint density at radius 1 is 0.262 bits per heavy atom. The molecular weight excluding hydrogens is 792 g/mol. The van der Waals surface area contributed by atoms with Gasteiger partial charge in [-0.1, -0.05) is 13.3 Å². The summed E-state index contributed by atoms with van der Waals surface area (Å²) < 4.78 is 82.2. The fraction of sp³-hybridized carbons (Fsp3) is 1.00. The number of unbranched alkanes of at least 4 members (excludes halogenated alkanes) is 1. The van der Waals surface area contributed by atoms with E-state index in [1.165, 1.54) is 0 Å². The Labute approximate surface area is 372 Å². The summed E-state index contributed by atoms with van der Waals surface area (Å²) in [5.41, 5.74) is 0. The van der Waals surface area contributed by atoms with Gasteiger partial charge in [0.05, 0.1) is 178 Å². The third-order valence-corrected chi connectivity index (χ3v) is 9.00. The molecule has 368 valence electrons. The van der Waals surface area contributed by atoms with E-state index < -0.39 is 6.10 Å². The Balaban J connectivity index is 3.96. The van der Waals surface area contributed by atoms with Gasteiger partial charge < -0.3 is 71.4 Å². The fourth-order valence-corrected chi connectivity index (χ4v) is 5.02. The molecule has 0 aliphatic heterocycles. The van der Waals surface area contributed by atoms with E-state index in [4.69, 9.17) is 66.3 Å². The third-order valence-electron chi connectivity index (χ3n) is 9.00. The van der Waals surface area contributed by atoms with Gasteiger partial charge in [-0.15, -0.1) is 0 Å². The van der Waals surface area contributed by atoms with E-state index in [2.05, 4.69) is 6.92 Å². The van der Waals surface area contributed by atoms with E-state index >= 15 is 0 Å². The van der Waals surface area contributed by atoms with Crippen molar-refractivity contribution in [3.8, 4) is 0 Å². The van der Waals surface area contributed by atoms with Gasteiger partial charge in [-0.05, 0) is 103 Å². The third kappa shape index (κ3) is 39.5. The van der Waals surface area contributed by atoms with Gasteiger partial charge in [-0.3, -0.25) is 0 Å². The molecule has 14 atom stereocenters. The minimum atomic E-state index is -0.490. The lowest BCUT2D eigenvalue weighted by molar-refractivity contribution is -0.115. The van der Waals surface area contributed by atoms with E-state index in [1.54, 1.807) is 6.92 Å². The monoisotopic (exact) mass is 887 g/mol. The molecule has 0 heterocycles. The smallest absolute Gasteiger partial charge is 0.0781 e. The zero-order chi connectivity index (χ0) is 46.0. The molecule has 0 bridgehead atoms. The van der Waals surface area contributed by atoms with Crippen molar-refractivity contribution in [2.24, 2.45) is 0 Å². The van der Waals surface area contributed by atoms with Gasteiger partial charge in [-0.2, -0.15) is 0 Å². The summed E-state index contributed by atoms with van der Waals surface area (Å²) in [6, 6.07) is 0. The van der Waals surface area contributed by atoms with Crippen LogP contribution in [-0.2, 0) is 66.3 Å². The maximum atomic E-state index is 9.33. The van der Waals surface area contributed by atoms with Crippen molar-refractivity contribution in [2.45, 2.75) is 202 Å². The number of aliphatic hydroxyl groups excluding tert-OH is 1. The molecule has 1 N–H and O–H groups in total. The highest BCUT2D eigenvalue weighted by atomic mass is 16.6. The van der Waals surface area contributed by atoms with Crippen LogP contribution in [0.5, 0.6) is 0 Å². The van der Waals surface area contributed by atoms with Crippen LogP contribution < -0.4 is 0 Å². The number of rotatable bonds is 44. The van der Waals surface area contributed by atoms with Crippen LogP contribution in [0.3, 0.4) is 0 Å². The van der Waals surface area contributed by atoms with Gasteiger partial charge in [-0.25, -0.2) is 0 Å². The second-order valence-electron chi connectivity index (χ2n) is 17.1. The van der Waals surface area contributed by atoms with Gasteiger partial charge in [0.2, 0.25) is 0 Å². The normalized spacial score (nSPS) is 19.3. The second kappa shape index (κ2) is 38.6. The highest BCUT2D eigenvalue weighted by Gasteiger charge is 2.17. The summed E-state index contributed by atoms with van der Waals surface area (Å²) in [5, 5.41) is 9.33. The molecule has 0 rings (SSSR count). The zero-order valence-corrected chi connectivity index (χ0v) is 41.3. The van der Waals surface area contributed by atoms with Crippen molar-refractivity contribution in [3.05, 3.63) is 0 Å². The molecule has 61 heavy (non-hydrogen) atoms. The Hall–Kier alpha value is -0.600. The van der Waals surface area contributed by atoms with E-state index in [9.17, 15) is 5.11 Å². The highest BCUT2D eigenvalue weighted by Crippen LogP contribution is 2.08. The Bertz CT molecular complexity index is 951. The first-order chi connectivity index (χ1) is 28.9. The molecule has 0 spiro atoms. The van der Waals surface area contributed by atoms with E-state index in [1.807, 2.05) is 90.0 Å². The molecule has 14 unspecified atom stereocenters. The summed E-state index contributed by atoms with van der Waals surface area (Å²) >= 11 is 0. The van der Waals surface area contributed by atoms with Crippen molar-refractivity contribution in [1.82, 2.24) is 0 Å².